The highest BCUT2D eigenvalue weighted by Gasteiger charge is 2.48. The van der Waals surface area contributed by atoms with Crippen molar-refractivity contribution in [2.75, 3.05) is 4.81 Å². The molecule has 2 aliphatic heterocycles. The number of rotatable bonds is 3. The van der Waals surface area contributed by atoms with Crippen LogP contribution in [-0.2, 0) is 17.3 Å². The smallest absolute Gasteiger partial charge is 0.329 e. The van der Waals surface area contributed by atoms with Gasteiger partial charge in [0.05, 0.1) is 0 Å². The first-order valence-corrected chi connectivity index (χ1v) is 21.7. The van der Waals surface area contributed by atoms with Gasteiger partial charge in [-0.3, -0.25) is 0 Å². The van der Waals surface area contributed by atoms with Crippen LogP contribution in [0.3, 0.4) is 0 Å². The van der Waals surface area contributed by atoms with Gasteiger partial charge in [0.25, 0.3) is 0 Å². The van der Waals surface area contributed by atoms with Gasteiger partial charge in [0.1, 0.15) is 0 Å². The zero-order valence-corrected chi connectivity index (χ0v) is 34.7. The minimum Gasteiger partial charge on any atom is -0.376 e. The molecular formula is C57H48BN. The van der Waals surface area contributed by atoms with Crippen molar-refractivity contribution in [3.05, 3.63) is 191 Å². The Hall–Kier alpha value is -6.12. The molecule has 8 aromatic rings. The first-order chi connectivity index (χ1) is 28.6. The van der Waals surface area contributed by atoms with Gasteiger partial charge in [-0.2, -0.15) is 0 Å². The van der Waals surface area contributed by atoms with E-state index in [1.807, 2.05) is 0 Å². The summed E-state index contributed by atoms with van der Waals surface area (Å²) in [5.41, 5.74) is 25.1. The van der Waals surface area contributed by atoms with Crippen molar-refractivity contribution in [1.82, 2.24) is 0 Å². The molecule has 1 atom stereocenters. The van der Waals surface area contributed by atoms with Crippen LogP contribution in [0.15, 0.2) is 158 Å². The Kier molecular flexibility index (Phi) is 7.36. The fraction of sp³-hybridized carbons (Fsp3) is 0.193. The van der Waals surface area contributed by atoms with Crippen LogP contribution in [0.1, 0.15) is 79.8 Å². The summed E-state index contributed by atoms with van der Waals surface area (Å²) in [7, 11) is 0. The number of benzene rings is 8. The van der Waals surface area contributed by atoms with Gasteiger partial charge < -0.3 is 4.81 Å². The van der Waals surface area contributed by atoms with Crippen LogP contribution < -0.4 is 15.7 Å². The lowest BCUT2D eigenvalue weighted by atomic mass is 9.39. The number of fused-ring (bicyclic) bond motifs is 9. The van der Waals surface area contributed by atoms with Crippen LogP contribution in [0.25, 0.3) is 55.3 Å². The molecule has 12 rings (SSSR count). The van der Waals surface area contributed by atoms with E-state index in [2.05, 4.69) is 197 Å². The van der Waals surface area contributed by atoms with Crippen molar-refractivity contribution in [2.45, 2.75) is 70.6 Å². The van der Waals surface area contributed by atoms with Crippen LogP contribution in [0.2, 0.25) is 0 Å². The average Bonchev–Trinajstić information content (AvgIpc) is 3.26. The summed E-state index contributed by atoms with van der Waals surface area (Å²) < 4.78 is 0. The molecular weight excluding hydrogens is 709 g/mol. The fourth-order valence-electron chi connectivity index (χ4n) is 11.7. The van der Waals surface area contributed by atoms with E-state index in [1.54, 1.807) is 0 Å². The number of hydrogen-bond donors (Lipinski definition) is 0. The largest absolute Gasteiger partial charge is 0.376 e. The van der Waals surface area contributed by atoms with Crippen molar-refractivity contribution in [2.24, 2.45) is 0 Å². The van der Waals surface area contributed by atoms with Crippen LogP contribution in [0.4, 0.5) is 11.4 Å². The second-order valence-electron chi connectivity index (χ2n) is 19.2. The highest BCUT2D eigenvalue weighted by Crippen LogP contribution is 2.53. The topological polar surface area (TPSA) is 3.24 Å². The molecule has 284 valence electrons. The number of nitrogens with zero attached hydrogens (tertiary/aromatic N) is 1. The van der Waals surface area contributed by atoms with Crippen molar-refractivity contribution >= 4 is 39.9 Å². The zero-order chi connectivity index (χ0) is 39.8. The van der Waals surface area contributed by atoms with E-state index in [1.165, 1.54) is 124 Å². The Labute approximate surface area is 349 Å². The van der Waals surface area contributed by atoms with Gasteiger partial charge in [-0.15, -0.1) is 0 Å². The molecule has 2 heteroatoms. The third-order valence-electron chi connectivity index (χ3n) is 14.7. The average molecular weight is 758 g/mol. The maximum Gasteiger partial charge on any atom is 0.329 e. The summed E-state index contributed by atoms with van der Waals surface area (Å²) >= 11 is 0. The molecule has 0 spiro atoms. The Morgan fingerprint density at radius 1 is 0.559 bits per heavy atom. The summed E-state index contributed by atoms with van der Waals surface area (Å²) in [6.45, 7) is 12.1. The van der Waals surface area contributed by atoms with E-state index in [9.17, 15) is 0 Å². The molecule has 0 aromatic heterocycles. The fourth-order valence-corrected chi connectivity index (χ4v) is 11.7. The minimum atomic E-state index is -0.000423. The number of anilines is 2. The van der Waals surface area contributed by atoms with Crippen molar-refractivity contribution in [3.8, 4) is 44.5 Å². The first-order valence-electron chi connectivity index (χ1n) is 21.7. The van der Waals surface area contributed by atoms with E-state index in [0.717, 1.165) is 6.42 Å². The van der Waals surface area contributed by atoms with E-state index >= 15 is 0 Å². The molecule has 0 N–H and O–H groups in total. The summed E-state index contributed by atoms with van der Waals surface area (Å²) in [5, 5.41) is 2.62. The lowest BCUT2D eigenvalue weighted by Gasteiger charge is -2.47. The second kappa shape index (κ2) is 12.4. The highest BCUT2D eigenvalue weighted by atomic mass is 15.1. The third kappa shape index (κ3) is 5.11. The molecule has 59 heavy (non-hydrogen) atoms. The molecule has 8 aromatic carbocycles. The van der Waals surface area contributed by atoms with Crippen LogP contribution in [-0.4, -0.2) is 6.85 Å². The molecule has 4 aliphatic rings. The zero-order valence-electron chi connectivity index (χ0n) is 34.7. The lowest BCUT2D eigenvalue weighted by Crippen LogP contribution is -2.62. The molecule has 0 radical (unpaired) electrons. The second-order valence-corrected chi connectivity index (χ2v) is 19.2. The minimum absolute atomic E-state index is 0.000423. The van der Waals surface area contributed by atoms with E-state index < -0.39 is 0 Å². The predicted octanol–water partition coefficient (Wildman–Crippen LogP) is 13.4. The SMILES string of the molecule is Cc1cc2c3c(c1)C1Cc4ccc(-c5ccccc5)cc4-c4cc(-c5ccccc5)cc(c41)B3N(c1ccc3c(c1)C(C)(C)CCC3(C)C)c1ccc3ccccc3c1-2. The molecule has 0 fully saturated rings. The van der Waals surface area contributed by atoms with E-state index in [-0.39, 0.29) is 23.6 Å². The molecule has 0 saturated heterocycles. The molecule has 0 amide bonds. The van der Waals surface area contributed by atoms with Gasteiger partial charge >= 0.3 is 6.85 Å². The maximum absolute atomic E-state index is 2.76. The Balaban J connectivity index is 1.20. The Morgan fingerprint density at radius 2 is 1.25 bits per heavy atom. The number of aryl methyl sites for hydroxylation is 1. The number of hydrogen-bond acceptors (Lipinski definition) is 1. The maximum atomic E-state index is 2.76. The standard InChI is InChI=1S/C57H48BN/c1-35-28-47-46-31-40-21-20-39(36-14-8-6-9-15-36)30-44(40)45-32-41(37-16-10-7-11-17-37)33-51(53(45)46)58-55(47)48(29-35)54-43-19-13-12-18-38(43)22-25-52(54)59(58)42-23-24-49-50(34-42)57(4,5)27-26-56(49,2)3/h6-25,28-30,32-34,46H,26-27,31H2,1-5H3. The van der Waals surface area contributed by atoms with Gasteiger partial charge in [0, 0.05) is 22.9 Å². The lowest BCUT2D eigenvalue weighted by molar-refractivity contribution is 0.332. The van der Waals surface area contributed by atoms with Crippen LogP contribution in [0.5, 0.6) is 0 Å². The van der Waals surface area contributed by atoms with E-state index in [0.29, 0.717) is 0 Å². The van der Waals surface area contributed by atoms with Gasteiger partial charge in [0.15, 0.2) is 0 Å². The molecule has 0 bridgehead atoms. The van der Waals surface area contributed by atoms with Crippen molar-refractivity contribution < 1.29 is 0 Å². The first kappa shape index (κ1) is 34.9. The van der Waals surface area contributed by atoms with Crippen LogP contribution in [0, 0.1) is 6.92 Å². The van der Waals surface area contributed by atoms with E-state index in [4.69, 9.17) is 0 Å². The van der Waals surface area contributed by atoms with Gasteiger partial charge in [0.2, 0.25) is 0 Å². The predicted molar refractivity (Wildman–Crippen MR) is 251 cm³/mol. The highest BCUT2D eigenvalue weighted by molar-refractivity contribution is 6.92. The third-order valence-corrected chi connectivity index (χ3v) is 14.7. The summed E-state index contributed by atoms with van der Waals surface area (Å²) in [5.74, 6) is 0.256. The molecule has 1 unspecified atom stereocenters. The molecule has 0 saturated carbocycles. The van der Waals surface area contributed by atoms with Crippen molar-refractivity contribution in [3.63, 3.8) is 0 Å². The quantitative estimate of drug-likeness (QED) is 0.162. The monoisotopic (exact) mass is 757 g/mol. The summed E-state index contributed by atoms with van der Waals surface area (Å²) in [6.07, 6.45) is 3.38. The summed E-state index contributed by atoms with van der Waals surface area (Å²) in [4.78, 5) is 2.76. The normalized spacial score (nSPS) is 17.4. The van der Waals surface area contributed by atoms with Crippen LogP contribution >= 0.6 is 0 Å². The summed E-state index contributed by atoms with van der Waals surface area (Å²) in [6, 6.07) is 60.8. The van der Waals surface area contributed by atoms with Gasteiger partial charge in [-0.1, -0.05) is 161 Å². The van der Waals surface area contributed by atoms with Crippen molar-refractivity contribution in [1.29, 1.82) is 0 Å². The molecule has 2 aliphatic carbocycles. The molecule has 1 nitrogen and oxygen atoms in total. The Morgan fingerprint density at radius 3 is 2.03 bits per heavy atom. The Bertz CT molecular complexity index is 3050. The molecule has 2 heterocycles. The van der Waals surface area contributed by atoms with Gasteiger partial charge in [-0.25, -0.2) is 0 Å². The van der Waals surface area contributed by atoms with Gasteiger partial charge in [-0.05, 0) is 156 Å².